The van der Waals surface area contributed by atoms with Crippen molar-refractivity contribution in [3.63, 3.8) is 0 Å². The minimum absolute atomic E-state index is 0.155. The van der Waals surface area contributed by atoms with E-state index in [9.17, 15) is 4.79 Å². The van der Waals surface area contributed by atoms with Gasteiger partial charge in [0, 0.05) is 13.2 Å². The predicted molar refractivity (Wildman–Crippen MR) is 68.9 cm³/mol. The second kappa shape index (κ2) is 6.36. The largest absolute Gasteiger partial charge is 0.384 e. The van der Waals surface area contributed by atoms with Gasteiger partial charge in [-0.1, -0.05) is 13.8 Å². The second-order valence-corrected chi connectivity index (χ2v) is 5.47. The summed E-state index contributed by atoms with van der Waals surface area (Å²) in [4.78, 5) is 12.4. The van der Waals surface area contributed by atoms with Gasteiger partial charge in [0.1, 0.15) is 0 Å². The average molecular weight is 242 g/mol. The Hall–Kier alpha value is -0.610. The van der Waals surface area contributed by atoms with Crippen LogP contribution in [0.15, 0.2) is 0 Å². The lowest BCUT2D eigenvalue weighted by atomic mass is 9.78. The van der Waals surface area contributed by atoms with E-state index >= 15 is 0 Å². The van der Waals surface area contributed by atoms with Crippen LogP contribution in [-0.4, -0.2) is 38.8 Å². The zero-order valence-corrected chi connectivity index (χ0v) is 11.5. The Kier molecular flexibility index (Phi) is 5.40. The van der Waals surface area contributed by atoms with E-state index in [2.05, 4.69) is 31.4 Å². The highest BCUT2D eigenvalue weighted by Crippen LogP contribution is 2.29. The number of amides is 1. The topological polar surface area (TPSA) is 50.4 Å². The predicted octanol–water partition coefficient (Wildman–Crippen LogP) is 1.16. The molecule has 0 aliphatic carbocycles. The zero-order chi connectivity index (χ0) is 12.9. The van der Waals surface area contributed by atoms with Gasteiger partial charge in [0.15, 0.2) is 0 Å². The first kappa shape index (κ1) is 14.5. The maximum Gasteiger partial charge on any atom is 0.228 e. The molecular weight excluding hydrogens is 216 g/mol. The van der Waals surface area contributed by atoms with Crippen LogP contribution < -0.4 is 10.6 Å². The molecule has 0 aromatic heterocycles. The minimum Gasteiger partial charge on any atom is -0.384 e. The molecule has 0 radical (unpaired) electrons. The molecule has 17 heavy (non-hydrogen) atoms. The molecule has 1 heterocycles. The summed E-state index contributed by atoms with van der Waals surface area (Å²) in [5.74, 6) is 0.613. The number of piperidine rings is 1. The molecule has 1 aliphatic heterocycles. The van der Waals surface area contributed by atoms with Crippen LogP contribution in [-0.2, 0) is 9.53 Å². The van der Waals surface area contributed by atoms with Crippen molar-refractivity contribution in [2.24, 2.45) is 11.3 Å². The molecule has 2 N–H and O–H groups in total. The molecule has 1 atom stereocenters. The molecule has 1 fully saturated rings. The molecule has 1 aliphatic rings. The molecular formula is C13H26N2O2. The first-order valence-corrected chi connectivity index (χ1v) is 6.52. The van der Waals surface area contributed by atoms with Crippen molar-refractivity contribution in [3.8, 4) is 0 Å². The molecule has 1 unspecified atom stereocenters. The van der Waals surface area contributed by atoms with Gasteiger partial charge in [-0.05, 0) is 38.8 Å². The monoisotopic (exact) mass is 242 g/mol. The van der Waals surface area contributed by atoms with E-state index in [1.54, 1.807) is 7.11 Å². The second-order valence-electron chi connectivity index (χ2n) is 5.47. The molecule has 4 nitrogen and oxygen atoms in total. The van der Waals surface area contributed by atoms with Crippen LogP contribution in [0.3, 0.4) is 0 Å². The number of nitrogens with one attached hydrogen (secondary N) is 2. The fourth-order valence-corrected chi connectivity index (χ4v) is 2.15. The third kappa shape index (κ3) is 3.68. The summed E-state index contributed by atoms with van der Waals surface area (Å²) < 4.78 is 5.26. The van der Waals surface area contributed by atoms with E-state index in [0.29, 0.717) is 12.5 Å². The van der Waals surface area contributed by atoms with Crippen molar-refractivity contribution in [1.29, 1.82) is 0 Å². The van der Waals surface area contributed by atoms with Crippen LogP contribution in [0.5, 0.6) is 0 Å². The van der Waals surface area contributed by atoms with Crippen LogP contribution in [0.2, 0.25) is 0 Å². The SMILES string of the molecule is COCC1(C(=O)NC(C)C(C)C)CCNCC1. The summed E-state index contributed by atoms with van der Waals surface area (Å²) in [6.45, 7) is 8.61. The number of hydrogen-bond donors (Lipinski definition) is 2. The molecule has 0 bridgehead atoms. The van der Waals surface area contributed by atoms with Gasteiger partial charge in [0.05, 0.1) is 12.0 Å². The van der Waals surface area contributed by atoms with Gasteiger partial charge in [-0.2, -0.15) is 0 Å². The summed E-state index contributed by atoms with van der Waals surface area (Å²) in [5, 5.41) is 6.42. The van der Waals surface area contributed by atoms with E-state index in [-0.39, 0.29) is 17.4 Å². The van der Waals surface area contributed by atoms with Gasteiger partial charge in [0.25, 0.3) is 0 Å². The summed E-state index contributed by atoms with van der Waals surface area (Å²) in [7, 11) is 1.67. The quantitative estimate of drug-likeness (QED) is 0.761. The number of carbonyl (C=O) groups is 1. The Labute approximate surface area is 104 Å². The first-order valence-electron chi connectivity index (χ1n) is 6.52. The van der Waals surface area contributed by atoms with Gasteiger partial charge < -0.3 is 15.4 Å². The molecule has 4 heteroatoms. The Morgan fingerprint density at radius 3 is 2.41 bits per heavy atom. The maximum absolute atomic E-state index is 12.4. The Balaban J connectivity index is 2.66. The molecule has 0 saturated carbocycles. The third-order valence-electron chi connectivity index (χ3n) is 3.82. The molecule has 1 rings (SSSR count). The number of methoxy groups -OCH3 is 1. The molecule has 1 saturated heterocycles. The fraction of sp³-hybridized carbons (Fsp3) is 0.923. The van der Waals surface area contributed by atoms with E-state index in [1.165, 1.54) is 0 Å². The summed E-state index contributed by atoms with van der Waals surface area (Å²) in [6, 6.07) is 0.214. The highest BCUT2D eigenvalue weighted by atomic mass is 16.5. The van der Waals surface area contributed by atoms with Crippen molar-refractivity contribution in [2.45, 2.75) is 39.7 Å². The van der Waals surface area contributed by atoms with Crippen molar-refractivity contribution in [1.82, 2.24) is 10.6 Å². The van der Waals surface area contributed by atoms with Gasteiger partial charge in [-0.3, -0.25) is 4.79 Å². The molecule has 0 aromatic rings. The summed E-state index contributed by atoms with van der Waals surface area (Å²) in [6.07, 6.45) is 1.72. The molecule has 100 valence electrons. The number of rotatable bonds is 5. The molecule has 1 amide bonds. The third-order valence-corrected chi connectivity index (χ3v) is 3.82. The lowest BCUT2D eigenvalue weighted by molar-refractivity contribution is -0.137. The smallest absolute Gasteiger partial charge is 0.228 e. The van der Waals surface area contributed by atoms with Gasteiger partial charge in [-0.25, -0.2) is 0 Å². The standard InChI is InChI=1S/C13H26N2O2/c1-10(2)11(3)15-12(16)13(9-17-4)5-7-14-8-6-13/h10-11,14H,5-9H2,1-4H3,(H,15,16). The number of carbonyl (C=O) groups excluding carboxylic acids is 1. The minimum atomic E-state index is -0.330. The number of ether oxygens (including phenoxy) is 1. The van der Waals surface area contributed by atoms with E-state index in [0.717, 1.165) is 25.9 Å². The molecule has 0 aromatic carbocycles. The Morgan fingerprint density at radius 2 is 1.94 bits per heavy atom. The van der Waals surface area contributed by atoms with Crippen molar-refractivity contribution < 1.29 is 9.53 Å². The molecule has 0 spiro atoms. The highest BCUT2D eigenvalue weighted by molar-refractivity contribution is 5.83. The van der Waals surface area contributed by atoms with Crippen molar-refractivity contribution in [3.05, 3.63) is 0 Å². The lowest BCUT2D eigenvalue weighted by Crippen LogP contribution is -2.52. The number of hydrogen-bond acceptors (Lipinski definition) is 3. The van der Waals surface area contributed by atoms with Crippen LogP contribution in [0.4, 0.5) is 0 Å². The average Bonchev–Trinajstić information content (AvgIpc) is 2.30. The maximum atomic E-state index is 12.4. The van der Waals surface area contributed by atoms with Crippen LogP contribution >= 0.6 is 0 Å². The lowest BCUT2D eigenvalue weighted by Gasteiger charge is -2.36. The first-order chi connectivity index (χ1) is 8.02. The summed E-state index contributed by atoms with van der Waals surface area (Å²) >= 11 is 0. The van der Waals surface area contributed by atoms with E-state index < -0.39 is 0 Å². The summed E-state index contributed by atoms with van der Waals surface area (Å²) in [5.41, 5.74) is -0.330. The van der Waals surface area contributed by atoms with E-state index in [1.807, 2.05) is 0 Å². The highest BCUT2D eigenvalue weighted by Gasteiger charge is 2.40. The van der Waals surface area contributed by atoms with Gasteiger partial charge in [-0.15, -0.1) is 0 Å². The van der Waals surface area contributed by atoms with Gasteiger partial charge >= 0.3 is 0 Å². The van der Waals surface area contributed by atoms with Crippen molar-refractivity contribution >= 4 is 5.91 Å². The zero-order valence-electron chi connectivity index (χ0n) is 11.5. The van der Waals surface area contributed by atoms with Crippen molar-refractivity contribution in [2.75, 3.05) is 26.8 Å². The van der Waals surface area contributed by atoms with Gasteiger partial charge in [0.2, 0.25) is 5.91 Å². The van der Waals surface area contributed by atoms with Crippen LogP contribution in [0.1, 0.15) is 33.6 Å². The Morgan fingerprint density at radius 1 is 1.35 bits per heavy atom. The Bertz CT molecular complexity index is 242. The van der Waals surface area contributed by atoms with E-state index in [4.69, 9.17) is 4.74 Å². The normalized spacial score (nSPS) is 21.2. The van der Waals surface area contributed by atoms with Crippen LogP contribution in [0.25, 0.3) is 0 Å². The van der Waals surface area contributed by atoms with Crippen LogP contribution in [0, 0.1) is 11.3 Å². The fourth-order valence-electron chi connectivity index (χ4n) is 2.15.